The Morgan fingerprint density at radius 1 is 0.500 bits per heavy atom. The molecule has 1 unspecified atom stereocenters. The fourth-order valence-electron chi connectivity index (χ4n) is 6.93. The lowest BCUT2D eigenvalue weighted by molar-refractivity contribution is 0.658. The number of para-hydroxylation sites is 4. The predicted molar refractivity (Wildman–Crippen MR) is 177 cm³/mol. The lowest BCUT2D eigenvalue weighted by Gasteiger charge is -2.26. The highest BCUT2D eigenvalue weighted by molar-refractivity contribution is 6.20. The summed E-state index contributed by atoms with van der Waals surface area (Å²) >= 11 is 0. The van der Waals surface area contributed by atoms with Crippen molar-refractivity contribution in [3.05, 3.63) is 133 Å². The van der Waals surface area contributed by atoms with Crippen LogP contribution < -0.4 is 10.6 Å². The van der Waals surface area contributed by atoms with E-state index in [0.29, 0.717) is 0 Å². The summed E-state index contributed by atoms with van der Waals surface area (Å²) in [6.45, 7) is 2.25. The van der Waals surface area contributed by atoms with Crippen LogP contribution in [0.5, 0.6) is 0 Å². The van der Waals surface area contributed by atoms with Gasteiger partial charge in [0.25, 0.3) is 0 Å². The van der Waals surface area contributed by atoms with Gasteiger partial charge in [0.1, 0.15) is 6.17 Å². The summed E-state index contributed by atoms with van der Waals surface area (Å²) in [5, 5.41) is 12.6. The van der Waals surface area contributed by atoms with Crippen molar-refractivity contribution in [1.82, 2.24) is 9.13 Å². The third-order valence-electron chi connectivity index (χ3n) is 8.80. The first kappa shape index (κ1) is 23.2. The van der Waals surface area contributed by atoms with Gasteiger partial charge in [-0.15, -0.1) is 0 Å². The number of anilines is 3. The highest BCUT2D eigenvalue weighted by Crippen LogP contribution is 2.43. The molecule has 1 atom stereocenters. The fourth-order valence-corrected chi connectivity index (χ4v) is 6.93. The Hall–Kier alpha value is -5.48. The number of rotatable bonds is 2. The van der Waals surface area contributed by atoms with E-state index in [2.05, 4.69) is 160 Å². The van der Waals surface area contributed by atoms with Gasteiger partial charge in [0.15, 0.2) is 0 Å². The van der Waals surface area contributed by atoms with E-state index in [1.165, 1.54) is 54.7 Å². The molecule has 1 aliphatic heterocycles. The second-order valence-electron chi connectivity index (χ2n) is 11.2. The molecule has 0 amide bonds. The summed E-state index contributed by atoms with van der Waals surface area (Å²) in [6.07, 6.45) is 0.0508. The molecule has 2 aromatic heterocycles. The van der Waals surface area contributed by atoms with E-state index in [-0.39, 0.29) is 6.17 Å². The van der Waals surface area contributed by atoms with Crippen LogP contribution in [0, 0.1) is 0 Å². The molecule has 0 aliphatic carbocycles. The van der Waals surface area contributed by atoms with E-state index >= 15 is 0 Å². The SMILES string of the molecule is CC1Nc2ccccc2Nc2cccc3c4cc5c6ccccc6n(-c6ccc(-c7ccccc7)cc6)c5cc4n1c23. The van der Waals surface area contributed by atoms with Gasteiger partial charge in [-0.2, -0.15) is 0 Å². The predicted octanol–water partition coefficient (Wildman–Crippen LogP) is 10.2. The molecule has 6 aromatic carbocycles. The van der Waals surface area contributed by atoms with Crippen molar-refractivity contribution in [3.63, 3.8) is 0 Å². The molecule has 9 rings (SSSR count). The van der Waals surface area contributed by atoms with E-state index in [4.69, 9.17) is 0 Å². The molecule has 4 heteroatoms. The van der Waals surface area contributed by atoms with E-state index in [1.54, 1.807) is 0 Å². The van der Waals surface area contributed by atoms with Crippen molar-refractivity contribution in [1.29, 1.82) is 0 Å². The van der Waals surface area contributed by atoms with Gasteiger partial charge in [-0.25, -0.2) is 0 Å². The Kier molecular flexibility index (Phi) is 4.85. The van der Waals surface area contributed by atoms with E-state index in [1.807, 2.05) is 0 Å². The Morgan fingerprint density at radius 2 is 1.17 bits per heavy atom. The van der Waals surface area contributed by atoms with Crippen LogP contribution in [0.15, 0.2) is 133 Å². The average Bonchev–Trinajstić information content (AvgIpc) is 3.53. The molecule has 8 aromatic rings. The van der Waals surface area contributed by atoms with Gasteiger partial charge in [-0.1, -0.05) is 84.9 Å². The second kappa shape index (κ2) is 8.76. The van der Waals surface area contributed by atoms with Gasteiger partial charge in [0, 0.05) is 27.2 Å². The Balaban J connectivity index is 1.33. The van der Waals surface area contributed by atoms with Crippen LogP contribution in [0.1, 0.15) is 13.1 Å². The van der Waals surface area contributed by atoms with Crippen molar-refractivity contribution in [2.45, 2.75) is 13.1 Å². The largest absolute Gasteiger partial charge is 0.363 e. The lowest BCUT2D eigenvalue weighted by Crippen LogP contribution is -2.18. The molecule has 4 nitrogen and oxygen atoms in total. The van der Waals surface area contributed by atoms with Crippen molar-refractivity contribution >= 4 is 60.7 Å². The summed E-state index contributed by atoms with van der Waals surface area (Å²) in [4.78, 5) is 0. The number of nitrogens with zero attached hydrogens (tertiary/aromatic N) is 2. The van der Waals surface area contributed by atoms with Crippen LogP contribution in [-0.2, 0) is 0 Å². The van der Waals surface area contributed by atoms with Crippen molar-refractivity contribution in [3.8, 4) is 16.8 Å². The highest BCUT2D eigenvalue weighted by Gasteiger charge is 2.23. The summed E-state index contributed by atoms with van der Waals surface area (Å²) in [6, 6.07) is 48.2. The number of benzene rings is 6. The minimum atomic E-state index is 0.0508. The molecular formula is C38H28N4. The molecule has 2 N–H and O–H groups in total. The molecule has 0 radical (unpaired) electrons. The van der Waals surface area contributed by atoms with Crippen LogP contribution in [0.4, 0.5) is 17.1 Å². The minimum Gasteiger partial charge on any atom is -0.363 e. The van der Waals surface area contributed by atoms with Gasteiger partial charge in [0.05, 0.1) is 39.1 Å². The third kappa shape index (κ3) is 3.29. The summed E-state index contributed by atoms with van der Waals surface area (Å²) in [5.74, 6) is 0. The topological polar surface area (TPSA) is 33.9 Å². The number of hydrogen-bond acceptors (Lipinski definition) is 2. The highest BCUT2D eigenvalue weighted by atomic mass is 15.2. The van der Waals surface area contributed by atoms with Crippen molar-refractivity contribution in [2.75, 3.05) is 10.6 Å². The molecule has 0 fully saturated rings. The average molecular weight is 541 g/mol. The van der Waals surface area contributed by atoms with E-state index in [9.17, 15) is 0 Å². The Labute approximate surface area is 243 Å². The molecule has 0 saturated carbocycles. The maximum atomic E-state index is 3.78. The number of fused-ring (bicyclic) bond motifs is 7. The number of aromatic nitrogens is 2. The minimum absolute atomic E-state index is 0.0508. The first-order valence-corrected chi connectivity index (χ1v) is 14.5. The summed E-state index contributed by atoms with van der Waals surface area (Å²) in [5.41, 5.74) is 11.8. The molecule has 0 bridgehead atoms. The molecule has 42 heavy (non-hydrogen) atoms. The van der Waals surface area contributed by atoms with Crippen LogP contribution in [0.25, 0.3) is 60.4 Å². The van der Waals surface area contributed by atoms with E-state index < -0.39 is 0 Å². The molecule has 3 heterocycles. The maximum Gasteiger partial charge on any atom is 0.101 e. The standard InChI is InChI=1S/C38H28N4/c1-24-39-32-14-6-7-15-33(32)40-34-16-9-13-29-31-22-30-28-12-5-8-17-35(28)42(37(30)23-36(31)41(24)38(29)34)27-20-18-26(19-21-27)25-10-3-2-4-11-25/h2-24,39-40H,1H3. The van der Waals surface area contributed by atoms with Crippen LogP contribution in [-0.4, -0.2) is 9.13 Å². The molecular weight excluding hydrogens is 512 g/mol. The number of hydrogen-bond donors (Lipinski definition) is 2. The van der Waals surface area contributed by atoms with Crippen molar-refractivity contribution in [2.24, 2.45) is 0 Å². The normalized spacial score (nSPS) is 14.5. The van der Waals surface area contributed by atoms with Gasteiger partial charge in [-0.05, 0) is 66.6 Å². The Morgan fingerprint density at radius 3 is 2.02 bits per heavy atom. The zero-order chi connectivity index (χ0) is 27.8. The third-order valence-corrected chi connectivity index (χ3v) is 8.80. The van der Waals surface area contributed by atoms with Crippen LogP contribution in [0.3, 0.4) is 0 Å². The van der Waals surface area contributed by atoms with Crippen LogP contribution in [0.2, 0.25) is 0 Å². The number of nitrogens with one attached hydrogen (secondary N) is 2. The maximum absolute atomic E-state index is 3.78. The summed E-state index contributed by atoms with van der Waals surface area (Å²) < 4.78 is 4.88. The van der Waals surface area contributed by atoms with Gasteiger partial charge in [0.2, 0.25) is 0 Å². The van der Waals surface area contributed by atoms with Gasteiger partial charge >= 0.3 is 0 Å². The van der Waals surface area contributed by atoms with Gasteiger partial charge < -0.3 is 19.8 Å². The molecule has 0 spiro atoms. The zero-order valence-electron chi connectivity index (χ0n) is 23.2. The quantitative estimate of drug-likeness (QED) is 0.229. The monoisotopic (exact) mass is 540 g/mol. The van der Waals surface area contributed by atoms with Gasteiger partial charge in [-0.3, -0.25) is 0 Å². The van der Waals surface area contributed by atoms with Crippen molar-refractivity contribution < 1.29 is 0 Å². The fraction of sp³-hybridized carbons (Fsp3) is 0.0526. The molecule has 1 aliphatic rings. The zero-order valence-corrected chi connectivity index (χ0v) is 23.2. The second-order valence-corrected chi connectivity index (χ2v) is 11.2. The Bertz CT molecular complexity index is 2310. The first-order chi connectivity index (χ1) is 20.7. The van der Waals surface area contributed by atoms with E-state index in [0.717, 1.165) is 22.7 Å². The summed E-state index contributed by atoms with van der Waals surface area (Å²) in [7, 11) is 0. The molecule has 0 saturated heterocycles. The first-order valence-electron chi connectivity index (χ1n) is 14.5. The smallest absolute Gasteiger partial charge is 0.101 e. The van der Waals surface area contributed by atoms with Crippen LogP contribution >= 0.6 is 0 Å². The molecule has 200 valence electrons. The lowest BCUT2D eigenvalue weighted by atomic mass is 10.1.